The van der Waals surface area contributed by atoms with Crippen LogP contribution in [-0.4, -0.2) is 34.8 Å². The van der Waals surface area contributed by atoms with Gasteiger partial charge in [0, 0.05) is 4.47 Å². The molecule has 1 saturated heterocycles. The van der Waals surface area contributed by atoms with Crippen LogP contribution in [0, 0.1) is 13.8 Å². The van der Waals surface area contributed by atoms with Gasteiger partial charge in [0.15, 0.2) is 18.1 Å². The Hall–Kier alpha value is -3.14. The van der Waals surface area contributed by atoms with Crippen molar-refractivity contribution in [3.05, 3.63) is 92.3 Å². The highest BCUT2D eigenvalue weighted by atomic mass is 79.9. The van der Waals surface area contributed by atoms with Crippen molar-refractivity contribution in [3.8, 4) is 11.5 Å². The molecule has 1 heterocycles. The van der Waals surface area contributed by atoms with Gasteiger partial charge < -0.3 is 14.8 Å². The Bertz CT molecular complexity index is 1390. The molecule has 2 amide bonds. The maximum Gasteiger partial charge on any atom is 0.266 e. The van der Waals surface area contributed by atoms with Crippen LogP contribution in [0.3, 0.4) is 0 Å². The molecule has 0 atom stereocenters. The van der Waals surface area contributed by atoms with E-state index in [2.05, 4.69) is 21.2 Å². The Labute approximate surface area is 234 Å². The molecule has 0 radical (unpaired) electrons. The maximum atomic E-state index is 13.0. The summed E-state index contributed by atoms with van der Waals surface area (Å²) in [7, 11) is 1.53. The number of thioether (sulfide) groups is 1. The Balaban J connectivity index is 1.42. The predicted octanol–water partition coefficient (Wildman–Crippen LogP) is 6.49. The van der Waals surface area contributed by atoms with Crippen LogP contribution in [0.4, 0.5) is 5.69 Å². The molecule has 0 unspecified atom stereocenters. The van der Waals surface area contributed by atoms with E-state index in [1.54, 1.807) is 29.2 Å². The summed E-state index contributed by atoms with van der Waals surface area (Å²) in [6, 6.07) is 18.9. The van der Waals surface area contributed by atoms with Crippen LogP contribution >= 0.6 is 39.9 Å². The van der Waals surface area contributed by atoms with E-state index >= 15 is 0 Å². The summed E-state index contributed by atoms with van der Waals surface area (Å²) < 4.78 is 12.5. The van der Waals surface area contributed by atoms with Crippen LogP contribution in [0.5, 0.6) is 11.5 Å². The lowest BCUT2D eigenvalue weighted by molar-refractivity contribution is -0.122. The topological polar surface area (TPSA) is 67.9 Å². The highest BCUT2D eigenvalue weighted by Gasteiger charge is 2.32. The van der Waals surface area contributed by atoms with E-state index in [9.17, 15) is 9.59 Å². The molecule has 0 saturated carbocycles. The van der Waals surface area contributed by atoms with Crippen molar-refractivity contribution >= 4 is 67.8 Å². The Kier molecular flexibility index (Phi) is 8.68. The average molecular weight is 598 g/mol. The number of anilines is 1. The van der Waals surface area contributed by atoms with Gasteiger partial charge in [-0.1, -0.05) is 60.4 Å². The number of hydrogen-bond acceptors (Lipinski definition) is 6. The summed E-state index contributed by atoms with van der Waals surface area (Å²) in [5.74, 6) is 0.448. The monoisotopic (exact) mass is 596 g/mol. The number of nitrogens with one attached hydrogen (secondary N) is 1. The number of benzene rings is 3. The first kappa shape index (κ1) is 26.9. The maximum absolute atomic E-state index is 13.0. The van der Waals surface area contributed by atoms with Crippen LogP contribution in [0.25, 0.3) is 6.08 Å². The fourth-order valence-corrected chi connectivity index (χ4v) is 5.47. The standard InChI is InChI=1S/C28H25BrN2O4S2/c1-17-11-21(29)22(12-18(17)2)30-26(32)16-35-23-10-9-20(13-24(23)34-3)14-25-27(33)31(28(36)37-25)15-19-7-5-4-6-8-19/h4-14H,15-16H2,1-3H3,(H,30,32)/b25-14+. The lowest BCUT2D eigenvalue weighted by atomic mass is 10.1. The molecular formula is C28H25BrN2O4S2. The molecule has 0 aromatic heterocycles. The number of amides is 2. The Morgan fingerprint density at radius 1 is 1.08 bits per heavy atom. The molecule has 4 rings (SSSR count). The Morgan fingerprint density at radius 3 is 2.54 bits per heavy atom. The lowest BCUT2D eigenvalue weighted by Crippen LogP contribution is -2.27. The number of rotatable bonds is 8. The van der Waals surface area contributed by atoms with Gasteiger partial charge in [-0.25, -0.2) is 0 Å². The van der Waals surface area contributed by atoms with Crippen LogP contribution in [0.2, 0.25) is 0 Å². The molecule has 9 heteroatoms. The smallest absolute Gasteiger partial charge is 0.266 e. The van der Waals surface area contributed by atoms with Gasteiger partial charge in [-0.2, -0.15) is 0 Å². The molecule has 3 aromatic rings. The van der Waals surface area contributed by atoms with Gasteiger partial charge in [0.1, 0.15) is 4.32 Å². The van der Waals surface area contributed by atoms with Crippen molar-refractivity contribution in [1.82, 2.24) is 4.90 Å². The fourth-order valence-electron chi connectivity index (χ4n) is 3.65. The van der Waals surface area contributed by atoms with Gasteiger partial charge in [-0.3, -0.25) is 14.5 Å². The number of ether oxygens (including phenoxy) is 2. The van der Waals surface area contributed by atoms with E-state index in [1.165, 1.54) is 18.9 Å². The minimum Gasteiger partial charge on any atom is -0.493 e. The number of hydrogen-bond donors (Lipinski definition) is 1. The summed E-state index contributed by atoms with van der Waals surface area (Å²) in [5.41, 5.74) is 4.66. The number of thiocarbonyl (C=S) groups is 1. The average Bonchev–Trinajstić information content (AvgIpc) is 3.14. The zero-order chi connectivity index (χ0) is 26.5. The highest BCUT2D eigenvalue weighted by molar-refractivity contribution is 9.10. The van der Waals surface area contributed by atoms with Crippen molar-refractivity contribution in [2.45, 2.75) is 20.4 Å². The van der Waals surface area contributed by atoms with Gasteiger partial charge in [-0.15, -0.1) is 0 Å². The molecule has 190 valence electrons. The first-order valence-corrected chi connectivity index (χ1v) is 13.4. The van der Waals surface area contributed by atoms with E-state index in [4.69, 9.17) is 21.7 Å². The first-order valence-electron chi connectivity index (χ1n) is 11.4. The van der Waals surface area contributed by atoms with Crippen LogP contribution in [0.1, 0.15) is 22.3 Å². The molecule has 6 nitrogen and oxygen atoms in total. The van der Waals surface area contributed by atoms with Crippen molar-refractivity contribution in [2.24, 2.45) is 0 Å². The molecule has 1 aliphatic rings. The van der Waals surface area contributed by atoms with Crippen molar-refractivity contribution in [3.63, 3.8) is 0 Å². The Morgan fingerprint density at radius 2 is 1.81 bits per heavy atom. The quantitative estimate of drug-likeness (QED) is 0.237. The molecule has 0 aliphatic carbocycles. The summed E-state index contributed by atoms with van der Waals surface area (Å²) in [4.78, 5) is 27.6. The van der Waals surface area contributed by atoms with Crippen LogP contribution < -0.4 is 14.8 Å². The molecule has 3 aromatic carbocycles. The summed E-state index contributed by atoms with van der Waals surface area (Å²) in [6.45, 7) is 4.24. The van der Waals surface area contributed by atoms with E-state index < -0.39 is 0 Å². The minimum atomic E-state index is -0.294. The SMILES string of the molecule is COc1cc(/C=C2/SC(=S)N(Cc3ccccc3)C2=O)ccc1OCC(=O)Nc1cc(C)c(C)cc1Br. The second-order valence-corrected chi connectivity index (χ2v) is 10.9. The van der Waals surface area contributed by atoms with E-state index in [0.717, 1.165) is 26.7 Å². The minimum absolute atomic E-state index is 0.132. The normalized spacial score (nSPS) is 14.3. The third kappa shape index (κ3) is 6.60. The van der Waals surface area contributed by atoms with E-state index in [0.29, 0.717) is 33.0 Å². The molecule has 1 fully saturated rings. The lowest BCUT2D eigenvalue weighted by Gasteiger charge is -2.14. The largest absolute Gasteiger partial charge is 0.493 e. The number of methoxy groups -OCH3 is 1. The van der Waals surface area contributed by atoms with Gasteiger partial charge in [0.25, 0.3) is 11.8 Å². The molecule has 1 N–H and O–H groups in total. The number of halogens is 1. The molecular weight excluding hydrogens is 572 g/mol. The zero-order valence-electron chi connectivity index (χ0n) is 20.5. The number of aryl methyl sites for hydroxylation is 2. The number of carbonyl (C=O) groups is 2. The number of carbonyl (C=O) groups excluding carboxylic acids is 2. The molecule has 1 aliphatic heterocycles. The van der Waals surface area contributed by atoms with Gasteiger partial charge in [0.2, 0.25) is 0 Å². The predicted molar refractivity (Wildman–Crippen MR) is 156 cm³/mol. The van der Waals surface area contributed by atoms with Gasteiger partial charge in [-0.05, 0) is 82.4 Å². The summed E-state index contributed by atoms with van der Waals surface area (Å²) >= 11 is 10.2. The van der Waals surface area contributed by atoms with Gasteiger partial charge >= 0.3 is 0 Å². The van der Waals surface area contributed by atoms with Gasteiger partial charge in [0.05, 0.1) is 24.2 Å². The number of nitrogens with zero attached hydrogens (tertiary/aromatic N) is 1. The van der Waals surface area contributed by atoms with Crippen molar-refractivity contribution in [1.29, 1.82) is 0 Å². The second-order valence-electron chi connectivity index (χ2n) is 8.42. The third-order valence-corrected chi connectivity index (χ3v) is 7.79. The zero-order valence-corrected chi connectivity index (χ0v) is 23.8. The van der Waals surface area contributed by atoms with Crippen molar-refractivity contribution in [2.75, 3.05) is 19.0 Å². The summed E-state index contributed by atoms with van der Waals surface area (Å²) in [5, 5.41) is 2.86. The molecule has 37 heavy (non-hydrogen) atoms. The summed E-state index contributed by atoms with van der Waals surface area (Å²) in [6.07, 6.45) is 1.78. The van der Waals surface area contributed by atoms with Crippen molar-refractivity contribution < 1.29 is 19.1 Å². The van der Waals surface area contributed by atoms with E-state index in [-0.39, 0.29) is 18.4 Å². The van der Waals surface area contributed by atoms with Crippen LogP contribution in [0.15, 0.2) is 70.0 Å². The second kappa shape index (κ2) is 11.9. The third-order valence-electron chi connectivity index (χ3n) is 5.76. The first-order chi connectivity index (χ1) is 17.7. The molecule has 0 bridgehead atoms. The highest BCUT2D eigenvalue weighted by Crippen LogP contribution is 2.35. The molecule has 0 spiro atoms. The fraction of sp³-hybridized carbons (Fsp3) is 0.179. The van der Waals surface area contributed by atoms with Crippen LogP contribution in [-0.2, 0) is 16.1 Å². The van der Waals surface area contributed by atoms with E-state index in [1.807, 2.05) is 56.3 Å².